The van der Waals surface area contributed by atoms with Gasteiger partial charge in [0.25, 0.3) is 11.9 Å². The Morgan fingerprint density at radius 3 is 1.85 bits per heavy atom. The van der Waals surface area contributed by atoms with Gasteiger partial charge in [-0.05, 0) is 57.3 Å². The van der Waals surface area contributed by atoms with Crippen LogP contribution in [0.15, 0.2) is 102 Å². The van der Waals surface area contributed by atoms with E-state index in [1.807, 2.05) is 97.1 Å². The number of alkyl carbamates (subject to hydrolysis) is 1. The van der Waals surface area contributed by atoms with Crippen molar-refractivity contribution in [2.45, 2.75) is 49.2 Å². The number of hydroxylamine groups is 2. The number of aliphatic imine (C=N–C) groups is 1. The van der Waals surface area contributed by atoms with Crippen molar-refractivity contribution in [3.8, 4) is 22.3 Å². The Kier molecular flexibility index (Phi) is 12.0. The molecule has 0 spiro atoms. The normalized spacial score (nSPS) is 17.2. The molecule has 5 N–H and O–H groups in total. The minimum absolute atomic E-state index is 0.0278. The third-order valence-electron chi connectivity index (χ3n) is 11.0. The molecule has 59 heavy (non-hydrogen) atoms. The zero-order chi connectivity index (χ0) is 41.6. The summed E-state index contributed by atoms with van der Waals surface area (Å²) in [7, 11) is 1.16. The minimum atomic E-state index is -1.38. The van der Waals surface area contributed by atoms with Crippen molar-refractivity contribution in [1.29, 1.82) is 0 Å². The highest BCUT2D eigenvalue weighted by Gasteiger charge is 2.46. The molecular weight excluding hydrogens is 763 g/mol. The number of nitrogens with two attached hydrogens (primary N) is 1. The molecule has 1 saturated heterocycles. The van der Waals surface area contributed by atoms with Gasteiger partial charge in [0.15, 0.2) is 5.03 Å². The number of carbonyl (C=O) groups excluding carboxylic acids is 4. The number of esters is 1. The van der Waals surface area contributed by atoms with Gasteiger partial charge in [0.2, 0.25) is 0 Å². The molecule has 1 aliphatic heterocycles. The number of methoxy groups -OCH3 is 1. The van der Waals surface area contributed by atoms with E-state index in [0.717, 1.165) is 56.5 Å². The molecule has 3 amide bonds. The number of ether oxygens (including phenoxy) is 3. The van der Waals surface area contributed by atoms with Crippen molar-refractivity contribution < 1.29 is 43.6 Å². The van der Waals surface area contributed by atoms with Gasteiger partial charge in [0.1, 0.15) is 25.3 Å². The summed E-state index contributed by atoms with van der Waals surface area (Å²) in [6.45, 7) is -0.434. The van der Waals surface area contributed by atoms with Gasteiger partial charge in [-0.15, -0.1) is 0 Å². The molecule has 3 atom stereocenters. The van der Waals surface area contributed by atoms with Gasteiger partial charge in [-0.1, -0.05) is 102 Å². The molecule has 1 fully saturated rings. The quantitative estimate of drug-likeness (QED) is 0.0213. The largest absolute Gasteiger partial charge is 0.467 e. The summed E-state index contributed by atoms with van der Waals surface area (Å²) < 4.78 is 16.5. The Balaban J connectivity index is 1.03. The monoisotopic (exact) mass is 805 g/mol. The van der Waals surface area contributed by atoms with E-state index >= 15 is 0 Å². The lowest BCUT2D eigenvalue weighted by atomic mass is 9.98. The Bertz CT molecular complexity index is 2190. The fraction of sp³-hybridized carbons (Fsp3) is 0.310. The summed E-state index contributed by atoms with van der Waals surface area (Å²) in [6, 6.07) is 27.6. The number of carbonyl (C=O) groups is 4. The summed E-state index contributed by atoms with van der Waals surface area (Å²) in [5.41, 5.74) is 15.3. The van der Waals surface area contributed by atoms with Crippen molar-refractivity contribution in [3.63, 3.8) is 0 Å². The van der Waals surface area contributed by atoms with E-state index in [9.17, 15) is 34.5 Å². The third kappa shape index (κ3) is 8.50. The van der Waals surface area contributed by atoms with E-state index in [-0.39, 0.29) is 57.4 Å². The molecule has 2 aliphatic carbocycles. The summed E-state index contributed by atoms with van der Waals surface area (Å²) in [4.78, 5) is 69.7. The fourth-order valence-electron chi connectivity index (χ4n) is 8.23. The molecule has 4 aromatic carbocycles. The second kappa shape index (κ2) is 17.6. The van der Waals surface area contributed by atoms with Gasteiger partial charge in [-0.25, -0.2) is 34.6 Å². The second-order valence-corrected chi connectivity index (χ2v) is 14.4. The Morgan fingerprint density at radius 2 is 1.36 bits per heavy atom. The van der Waals surface area contributed by atoms with Crippen LogP contribution in [0, 0.1) is 10.1 Å². The maximum absolute atomic E-state index is 14.0. The SMILES string of the molecule is COC(=O)[C@@H]1C[C@@H](N(O)C(=O)[C@H](CCCN=C(N)N[N+](=O)[O-])NC(=O)OCC2c3ccccc3-c3ccccc32)CN1C(=O)OCC1c2ccccc2-c2ccccc21. The predicted octanol–water partition coefficient (Wildman–Crippen LogP) is 4.55. The zero-order valence-electron chi connectivity index (χ0n) is 32.1. The lowest BCUT2D eigenvalue weighted by molar-refractivity contribution is -0.525. The van der Waals surface area contributed by atoms with Crippen LogP contribution >= 0.6 is 0 Å². The summed E-state index contributed by atoms with van der Waals surface area (Å²) in [5.74, 6) is -2.70. The van der Waals surface area contributed by atoms with E-state index in [2.05, 4.69) is 10.3 Å². The third-order valence-corrected chi connectivity index (χ3v) is 11.0. The number of nitrogens with zero attached hydrogens (tertiary/aromatic N) is 4. The number of likely N-dealkylation sites (tertiary alicyclic amines) is 1. The lowest BCUT2D eigenvalue weighted by Crippen LogP contribution is -2.51. The maximum Gasteiger partial charge on any atom is 0.410 e. The van der Waals surface area contributed by atoms with E-state index in [1.54, 1.807) is 5.43 Å². The van der Waals surface area contributed by atoms with Crippen LogP contribution in [0.4, 0.5) is 9.59 Å². The first-order valence-corrected chi connectivity index (χ1v) is 19.1. The zero-order valence-corrected chi connectivity index (χ0v) is 32.1. The molecule has 0 radical (unpaired) electrons. The van der Waals surface area contributed by atoms with Crippen LogP contribution < -0.4 is 16.5 Å². The number of amides is 3. The number of rotatable bonds is 13. The summed E-state index contributed by atoms with van der Waals surface area (Å²) >= 11 is 0. The van der Waals surface area contributed by atoms with Gasteiger partial charge < -0.3 is 25.3 Å². The number of hydrazine groups is 1. The number of hydrogen-bond acceptors (Lipinski definition) is 11. The molecule has 0 saturated carbocycles. The highest BCUT2D eigenvalue weighted by molar-refractivity contribution is 5.87. The number of hydrogen-bond donors (Lipinski definition) is 4. The van der Waals surface area contributed by atoms with E-state index in [0.29, 0.717) is 5.06 Å². The number of guanidine groups is 1. The molecule has 4 aromatic rings. The van der Waals surface area contributed by atoms with Gasteiger partial charge in [0.05, 0.1) is 13.2 Å². The highest BCUT2D eigenvalue weighted by Crippen LogP contribution is 2.46. The van der Waals surface area contributed by atoms with Crippen LogP contribution in [0.3, 0.4) is 0 Å². The molecule has 3 aliphatic rings. The molecule has 17 heteroatoms. The molecule has 0 bridgehead atoms. The fourth-order valence-corrected chi connectivity index (χ4v) is 8.23. The Morgan fingerprint density at radius 1 is 0.864 bits per heavy atom. The average molecular weight is 806 g/mol. The summed E-state index contributed by atoms with van der Waals surface area (Å²) in [6.07, 6.45) is -1.97. The van der Waals surface area contributed by atoms with Crippen LogP contribution in [0.1, 0.15) is 53.4 Å². The van der Waals surface area contributed by atoms with Gasteiger partial charge in [-0.3, -0.25) is 14.9 Å². The van der Waals surface area contributed by atoms with Crippen LogP contribution in [-0.2, 0) is 23.8 Å². The molecule has 17 nitrogen and oxygen atoms in total. The first-order valence-electron chi connectivity index (χ1n) is 19.1. The van der Waals surface area contributed by atoms with Crippen molar-refractivity contribution in [2.24, 2.45) is 10.7 Å². The lowest BCUT2D eigenvalue weighted by Gasteiger charge is -2.27. The first kappa shape index (κ1) is 40.2. The Hall–Kier alpha value is -7.01. The molecular formula is C42H43N7O10. The number of fused-ring (bicyclic) bond motifs is 6. The molecule has 0 unspecified atom stereocenters. The van der Waals surface area contributed by atoms with Crippen molar-refractivity contribution >= 4 is 30.0 Å². The highest BCUT2D eigenvalue weighted by atomic mass is 16.7. The molecule has 7 rings (SSSR count). The van der Waals surface area contributed by atoms with Gasteiger partial charge >= 0.3 is 18.2 Å². The van der Waals surface area contributed by atoms with E-state index in [4.69, 9.17) is 19.9 Å². The van der Waals surface area contributed by atoms with Crippen molar-refractivity contribution in [3.05, 3.63) is 129 Å². The van der Waals surface area contributed by atoms with Gasteiger partial charge in [0, 0.05) is 31.3 Å². The molecule has 306 valence electrons. The summed E-state index contributed by atoms with van der Waals surface area (Å²) in [5, 5.41) is 24.2. The first-order chi connectivity index (χ1) is 28.5. The topological polar surface area (TPSA) is 228 Å². The number of benzene rings is 4. The Labute approximate surface area is 338 Å². The minimum Gasteiger partial charge on any atom is -0.467 e. The van der Waals surface area contributed by atoms with Crippen molar-refractivity contribution in [1.82, 2.24) is 20.7 Å². The smallest absolute Gasteiger partial charge is 0.410 e. The van der Waals surface area contributed by atoms with E-state index in [1.165, 1.54) is 0 Å². The molecule has 0 aromatic heterocycles. The van der Waals surface area contributed by atoms with Crippen LogP contribution in [0.25, 0.3) is 22.3 Å². The average Bonchev–Trinajstić information content (AvgIpc) is 3.93. The number of nitrogens with one attached hydrogen (secondary N) is 2. The second-order valence-electron chi connectivity index (χ2n) is 14.4. The van der Waals surface area contributed by atoms with Gasteiger partial charge in [-0.2, -0.15) is 0 Å². The van der Waals surface area contributed by atoms with Crippen LogP contribution in [0.5, 0.6) is 0 Å². The standard InChI is InChI=1S/C42H43N7O10/c1-57-39(51)37-21-25(22-47(37)42(53)59-24-35-32-17-8-4-13-28(32)29-14-5-9-18-33(29)35)48(54)38(50)36(19-10-20-44-40(43)46-49(55)56)45-41(52)58-23-34-30-15-6-2-11-26(30)27-12-3-7-16-31(27)34/h2-9,11-18,25,34-37,54H,10,19-24H2,1H3,(H,45,52)(H3,43,44,46)/t25-,36+,37+/m1/s1. The number of nitro groups is 1. The van der Waals surface area contributed by atoms with Crippen LogP contribution in [-0.4, -0.2) is 102 Å². The molecule has 1 heterocycles. The van der Waals surface area contributed by atoms with Crippen LogP contribution in [0.2, 0.25) is 0 Å². The van der Waals surface area contributed by atoms with Crippen molar-refractivity contribution in [2.75, 3.05) is 33.4 Å². The predicted molar refractivity (Wildman–Crippen MR) is 212 cm³/mol. The maximum atomic E-state index is 14.0. The van der Waals surface area contributed by atoms with E-state index < -0.39 is 53.2 Å².